The minimum Gasteiger partial charge on any atom is -0.465 e. The van der Waals surface area contributed by atoms with E-state index in [1.807, 2.05) is 30.3 Å². The average molecular weight is 440 g/mol. The number of benzene rings is 2. The van der Waals surface area contributed by atoms with Crippen LogP contribution in [0.4, 0.5) is 9.39 Å². The van der Waals surface area contributed by atoms with Gasteiger partial charge in [-0.2, -0.15) is 0 Å². The number of methoxy groups -OCH3 is 1. The highest BCUT2D eigenvalue weighted by Crippen LogP contribution is 2.34. The maximum absolute atomic E-state index is 13.4. The van der Waals surface area contributed by atoms with Crippen molar-refractivity contribution in [1.29, 1.82) is 0 Å². The maximum atomic E-state index is 13.4. The molecule has 2 N–H and O–H groups in total. The summed E-state index contributed by atoms with van der Waals surface area (Å²) in [7, 11) is 1.22. The van der Waals surface area contributed by atoms with Crippen molar-refractivity contribution >= 4 is 34.1 Å². The van der Waals surface area contributed by atoms with Crippen LogP contribution in [0.2, 0.25) is 0 Å². The monoisotopic (exact) mass is 440 g/mol. The van der Waals surface area contributed by atoms with Crippen LogP contribution in [0.3, 0.4) is 0 Å². The van der Waals surface area contributed by atoms with Gasteiger partial charge in [0.25, 0.3) is 11.8 Å². The quantitative estimate of drug-likeness (QED) is 0.539. The highest BCUT2D eigenvalue weighted by Gasteiger charge is 2.26. The summed E-state index contributed by atoms with van der Waals surface area (Å²) in [5.41, 5.74) is 1.69. The predicted molar refractivity (Wildman–Crippen MR) is 117 cm³/mol. The van der Waals surface area contributed by atoms with Crippen molar-refractivity contribution in [2.24, 2.45) is 0 Å². The largest absolute Gasteiger partial charge is 0.465 e. The van der Waals surface area contributed by atoms with Crippen molar-refractivity contribution in [2.75, 3.05) is 19.0 Å². The van der Waals surface area contributed by atoms with Crippen molar-refractivity contribution in [3.63, 3.8) is 0 Å². The van der Waals surface area contributed by atoms with Gasteiger partial charge in [-0.05, 0) is 42.7 Å². The second-order valence-electron chi connectivity index (χ2n) is 6.71. The Morgan fingerprint density at radius 3 is 2.45 bits per heavy atom. The first-order valence-corrected chi connectivity index (χ1v) is 10.3. The summed E-state index contributed by atoms with van der Waals surface area (Å²) in [4.78, 5) is 37.8. The van der Waals surface area contributed by atoms with E-state index < -0.39 is 17.7 Å². The fourth-order valence-electron chi connectivity index (χ4n) is 3.02. The van der Waals surface area contributed by atoms with Crippen LogP contribution < -0.4 is 10.6 Å². The van der Waals surface area contributed by atoms with Crippen molar-refractivity contribution in [3.05, 3.63) is 87.5 Å². The van der Waals surface area contributed by atoms with Crippen LogP contribution in [0, 0.1) is 12.7 Å². The number of hydrogen-bond acceptors (Lipinski definition) is 5. The summed E-state index contributed by atoms with van der Waals surface area (Å²) in [5, 5.41) is 5.61. The van der Waals surface area contributed by atoms with Gasteiger partial charge in [0.15, 0.2) is 0 Å². The number of carbonyl (C=O) groups excluding carboxylic acids is 3. The van der Waals surface area contributed by atoms with E-state index in [4.69, 9.17) is 4.74 Å². The van der Waals surface area contributed by atoms with E-state index in [0.717, 1.165) is 23.0 Å². The molecule has 2 amide bonds. The Bertz CT molecular complexity index is 1110. The number of thiophene rings is 1. The van der Waals surface area contributed by atoms with E-state index >= 15 is 0 Å². The topological polar surface area (TPSA) is 84.5 Å². The van der Waals surface area contributed by atoms with E-state index in [2.05, 4.69) is 10.6 Å². The Hall–Kier alpha value is -3.52. The first kappa shape index (κ1) is 22.2. The van der Waals surface area contributed by atoms with E-state index in [1.165, 1.54) is 25.3 Å². The number of nitrogens with one attached hydrogen (secondary N) is 2. The second-order valence-corrected chi connectivity index (χ2v) is 7.73. The molecule has 0 saturated carbocycles. The van der Waals surface area contributed by atoms with Crippen LogP contribution in [0.25, 0.3) is 0 Å². The molecule has 1 heterocycles. The predicted octanol–water partition coefficient (Wildman–Crippen LogP) is 4.21. The second kappa shape index (κ2) is 9.99. The van der Waals surface area contributed by atoms with Crippen LogP contribution in [0.5, 0.6) is 0 Å². The number of ether oxygens (including phenoxy) is 1. The average Bonchev–Trinajstić information content (AvgIpc) is 3.09. The molecular weight excluding hydrogens is 419 g/mol. The van der Waals surface area contributed by atoms with E-state index in [1.54, 1.807) is 6.92 Å². The van der Waals surface area contributed by atoms with Gasteiger partial charge in [0.1, 0.15) is 10.8 Å². The Morgan fingerprint density at radius 2 is 1.77 bits per heavy atom. The maximum Gasteiger partial charge on any atom is 0.341 e. The molecule has 0 spiro atoms. The highest BCUT2D eigenvalue weighted by molar-refractivity contribution is 7.18. The molecule has 0 unspecified atom stereocenters. The van der Waals surface area contributed by atoms with Crippen molar-refractivity contribution in [2.45, 2.75) is 13.3 Å². The zero-order valence-corrected chi connectivity index (χ0v) is 17.8. The standard InChI is InChI=1S/C23H21FN2O4S/c1-14-18(23(29)30-2)22(26-20(27)16-9-6-10-17(24)13-16)31-19(14)21(28)25-12-11-15-7-4-3-5-8-15/h3-10,13H,11-12H2,1-2H3,(H,25,28)(H,26,27). The molecule has 8 heteroatoms. The minimum atomic E-state index is -0.674. The Balaban J connectivity index is 1.79. The molecular formula is C23H21FN2O4S. The van der Waals surface area contributed by atoms with Crippen LogP contribution in [0.15, 0.2) is 54.6 Å². The summed E-state index contributed by atoms with van der Waals surface area (Å²) >= 11 is 0.973. The summed E-state index contributed by atoms with van der Waals surface area (Å²) < 4.78 is 18.3. The molecule has 31 heavy (non-hydrogen) atoms. The summed E-state index contributed by atoms with van der Waals surface area (Å²) in [6.07, 6.45) is 0.657. The van der Waals surface area contributed by atoms with E-state index in [-0.39, 0.29) is 22.0 Å². The summed E-state index contributed by atoms with van der Waals surface area (Å²) in [5.74, 6) is -2.18. The smallest absolute Gasteiger partial charge is 0.341 e. The lowest BCUT2D eigenvalue weighted by Crippen LogP contribution is -2.25. The van der Waals surface area contributed by atoms with Gasteiger partial charge in [0.2, 0.25) is 0 Å². The first-order chi connectivity index (χ1) is 14.9. The zero-order chi connectivity index (χ0) is 22.4. The minimum absolute atomic E-state index is 0.0933. The molecule has 0 saturated heterocycles. The van der Waals surface area contributed by atoms with Gasteiger partial charge in [0, 0.05) is 12.1 Å². The molecule has 3 aromatic rings. The van der Waals surface area contributed by atoms with Crippen LogP contribution >= 0.6 is 11.3 Å². The van der Waals surface area contributed by atoms with E-state index in [9.17, 15) is 18.8 Å². The normalized spacial score (nSPS) is 10.4. The molecule has 0 radical (unpaired) electrons. The Morgan fingerprint density at radius 1 is 1.03 bits per heavy atom. The summed E-state index contributed by atoms with van der Waals surface area (Å²) in [6, 6.07) is 14.9. The van der Waals surface area contributed by atoms with E-state index in [0.29, 0.717) is 23.4 Å². The van der Waals surface area contributed by atoms with Crippen molar-refractivity contribution in [3.8, 4) is 0 Å². The molecule has 1 aromatic heterocycles. The lowest BCUT2D eigenvalue weighted by molar-refractivity contribution is 0.0601. The number of carbonyl (C=O) groups is 3. The number of hydrogen-bond donors (Lipinski definition) is 2. The first-order valence-electron chi connectivity index (χ1n) is 9.51. The number of halogens is 1. The van der Waals surface area contributed by atoms with Crippen molar-refractivity contribution in [1.82, 2.24) is 5.32 Å². The zero-order valence-electron chi connectivity index (χ0n) is 17.0. The van der Waals surface area contributed by atoms with Crippen LogP contribution in [-0.2, 0) is 11.2 Å². The molecule has 0 atom stereocenters. The fraction of sp³-hybridized carbons (Fsp3) is 0.174. The number of anilines is 1. The molecule has 3 rings (SSSR count). The molecule has 0 fully saturated rings. The number of esters is 1. The lowest BCUT2D eigenvalue weighted by Gasteiger charge is -2.06. The van der Waals surface area contributed by atoms with Gasteiger partial charge in [-0.25, -0.2) is 9.18 Å². The molecule has 160 valence electrons. The SMILES string of the molecule is COC(=O)c1c(NC(=O)c2cccc(F)c2)sc(C(=O)NCCc2ccccc2)c1C. The number of amides is 2. The highest BCUT2D eigenvalue weighted by atomic mass is 32.1. The fourth-order valence-corrected chi connectivity index (χ4v) is 4.12. The molecule has 0 bridgehead atoms. The van der Waals surface area contributed by atoms with Crippen molar-refractivity contribution < 1.29 is 23.5 Å². The molecule has 2 aromatic carbocycles. The molecule has 6 nitrogen and oxygen atoms in total. The Labute approximate surface area is 183 Å². The molecule has 0 aliphatic rings. The van der Waals surface area contributed by atoms with Gasteiger partial charge in [0.05, 0.1) is 17.6 Å². The van der Waals surface area contributed by atoms with Gasteiger partial charge < -0.3 is 15.4 Å². The summed E-state index contributed by atoms with van der Waals surface area (Å²) in [6.45, 7) is 2.03. The lowest BCUT2D eigenvalue weighted by atomic mass is 10.1. The Kier molecular flexibility index (Phi) is 7.15. The van der Waals surface area contributed by atoms with Gasteiger partial charge in [-0.1, -0.05) is 36.4 Å². The molecule has 0 aliphatic heterocycles. The van der Waals surface area contributed by atoms with Crippen LogP contribution in [0.1, 0.15) is 41.5 Å². The molecule has 0 aliphatic carbocycles. The van der Waals surface area contributed by atoms with Gasteiger partial charge >= 0.3 is 5.97 Å². The van der Waals surface area contributed by atoms with Crippen LogP contribution in [-0.4, -0.2) is 31.4 Å². The third-order valence-electron chi connectivity index (χ3n) is 4.60. The van der Waals surface area contributed by atoms with Gasteiger partial charge in [-0.3, -0.25) is 9.59 Å². The third kappa shape index (κ3) is 5.35. The third-order valence-corrected chi connectivity index (χ3v) is 5.80. The van der Waals surface area contributed by atoms with Gasteiger partial charge in [-0.15, -0.1) is 11.3 Å². The number of rotatable bonds is 7.